The van der Waals surface area contributed by atoms with Crippen LogP contribution in [0, 0.1) is 0 Å². The summed E-state index contributed by atoms with van der Waals surface area (Å²) in [5.41, 5.74) is 21.9. The highest BCUT2D eigenvalue weighted by Gasteiger charge is 2.11. The number of unbranched alkanes of at least 4 members (excludes halogenated alkanes) is 1. The SMILES string of the molecule is CSCC[C@H](N)C(=O)O.NCCCC[C@H](N)C(=O)O.N[C@@H](Cc1ccccc1)C(=O)O. The zero-order valence-electron chi connectivity index (χ0n) is 17.9. The van der Waals surface area contributed by atoms with E-state index < -0.39 is 36.0 Å². The summed E-state index contributed by atoms with van der Waals surface area (Å²) in [7, 11) is 0. The first-order valence-corrected chi connectivity index (χ1v) is 11.1. The number of benzene rings is 1. The van der Waals surface area contributed by atoms with Gasteiger partial charge in [-0.15, -0.1) is 0 Å². The van der Waals surface area contributed by atoms with Crippen molar-refractivity contribution in [2.45, 2.75) is 50.2 Å². The lowest BCUT2D eigenvalue weighted by Gasteiger charge is -2.04. The first-order chi connectivity index (χ1) is 14.6. The standard InChI is InChI=1S/C9H11NO2.C6H14N2O2.C5H11NO2S/c10-8(9(11)12)6-7-4-2-1-3-5-7;7-4-2-1-3-5(8)6(9)10;1-9-3-2-4(6)5(7)8/h1-5,8H,6,10H2,(H,11,12);5H,1-4,7-8H2,(H,9,10);4H,2-3,6H2,1H3,(H,7,8)/t8-;5-;4-/m000/s1. The maximum atomic E-state index is 10.4. The Morgan fingerprint density at radius 1 is 0.839 bits per heavy atom. The molecule has 0 heterocycles. The Bertz CT molecular complexity index is 621. The van der Waals surface area contributed by atoms with Gasteiger partial charge in [0.1, 0.15) is 18.1 Å². The Morgan fingerprint density at radius 3 is 1.74 bits per heavy atom. The minimum atomic E-state index is -0.959. The summed E-state index contributed by atoms with van der Waals surface area (Å²) >= 11 is 1.60. The van der Waals surface area contributed by atoms with Gasteiger partial charge in [0.25, 0.3) is 0 Å². The lowest BCUT2D eigenvalue weighted by atomic mass is 10.1. The topological polar surface area (TPSA) is 216 Å². The number of carbonyl (C=O) groups is 3. The monoisotopic (exact) mass is 460 g/mol. The second kappa shape index (κ2) is 19.8. The molecule has 0 aliphatic rings. The minimum Gasteiger partial charge on any atom is -0.480 e. The Labute approximate surface area is 187 Å². The first-order valence-electron chi connectivity index (χ1n) is 9.74. The molecule has 0 saturated heterocycles. The molecule has 11 N–H and O–H groups in total. The number of hydrogen-bond donors (Lipinski definition) is 7. The molecule has 0 amide bonds. The lowest BCUT2D eigenvalue weighted by Crippen LogP contribution is -2.32. The van der Waals surface area contributed by atoms with E-state index in [1.165, 1.54) is 0 Å². The summed E-state index contributed by atoms with van der Waals surface area (Å²) in [6.45, 7) is 0.604. The van der Waals surface area contributed by atoms with Crippen LogP contribution in [0.1, 0.15) is 31.2 Å². The molecule has 31 heavy (non-hydrogen) atoms. The quantitative estimate of drug-likeness (QED) is 0.211. The molecule has 1 rings (SSSR count). The molecule has 0 unspecified atom stereocenters. The maximum absolute atomic E-state index is 10.4. The third kappa shape index (κ3) is 19.5. The normalized spacial score (nSPS) is 12.8. The fourth-order valence-electron chi connectivity index (χ4n) is 1.96. The van der Waals surface area contributed by atoms with Gasteiger partial charge in [-0.2, -0.15) is 11.8 Å². The van der Waals surface area contributed by atoms with Crippen molar-refractivity contribution in [2.75, 3.05) is 18.6 Å². The van der Waals surface area contributed by atoms with Crippen LogP contribution in [-0.2, 0) is 20.8 Å². The Balaban J connectivity index is 0. The van der Waals surface area contributed by atoms with Gasteiger partial charge in [-0.25, -0.2) is 0 Å². The van der Waals surface area contributed by atoms with Gasteiger partial charge in [0.2, 0.25) is 0 Å². The molecule has 11 heteroatoms. The molecule has 0 aromatic heterocycles. The van der Waals surface area contributed by atoms with Crippen LogP contribution in [0.25, 0.3) is 0 Å². The van der Waals surface area contributed by atoms with E-state index in [-0.39, 0.29) is 0 Å². The van der Waals surface area contributed by atoms with Gasteiger partial charge in [0, 0.05) is 0 Å². The zero-order chi connectivity index (χ0) is 24.2. The van der Waals surface area contributed by atoms with Crippen molar-refractivity contribution >= 4 is 29.7 Å². The molecule has 0 saturated carbocycles. The minimum absolute atomic E-state index is 0.385. The Kier molecular flexibility index (Phi) is 19.8. The highest BCUT2D eigenvalue weighted by molar-refractivity contribution is 7.98. The molecule has 178 valence electrons. The zero-order valence-corrected chi connectivity index (χ0v) is 18.7. The van der Waals surface area contributed by atoms with E-state index in [4.69, 9.17) is 38.3 Å². The van der Waals surface area contributed by atoms with Gasteiger partial charge in [-0.3, -0.25) is 14.4 Å². The van der Waals surface area contributed by atoms with Crippen molar-refractivity contribution in [2.24, 2.45) is 22.9 Å². The van der Waals surface area contributed by atoms with Gasteiger partial charge in [-0.05, 0) is 49.8 Å². The second-order valence-corrected chi connectivity index (χ2v) is 7.58. The number of thioether (sulfide) groups is 1. The van der Waals surface area contributed by atoms with Crippen LogP contribution in [-0.4, -0.2) is 69.9 Å². The van der Waals surface area contributed by atoms with Crippen LogP contribution in [0.3, 0.4) is 0 Å². The highest BCUT2D eigenvalue weighted by Crippen LogP contribution is 2.01. The molecule has 0 aliphatic carbocycles. The third-order valence-corrected chi connectivity index (χ3v) is 4.50. The molecule has 0 fully saturated rings. The van der Waals surface area contributed by atoms with Crippen molar-refractivity contribution in [3.63, 3.8) is 0 Å². The fourth-order valence-corrected chi connectivity index (χ4v) is 2.45. The van der Waals surface area contributed by atoms with E-state index in [1.54, 1.807) is 11.8 Å². The summed E-state index contributed by atoms with van der Waals surface area (Å²) in [5, 5.41) is 25.1. The molecule has 0 bridgehead atoms. The van der Waals surface area contributed by atoms with E-state index >= 15 is 0 Å². The smallest absolute Gasteiger partial charge is 0.320 e. The van der Waals surface area contributed by atoms with Crippen molar-refractivity contribution < 1.29 is 29.7 Å². The Morgan fingerprint density at radius 2 is 1.32 bits per heavy atom. The van der Waals surface area contributed by atoms with Crippen LogP contribution >= 0.6 is 11.8 Å². The predicted molar refractivity (Wildman–Crippen MR) is 123 cm³/mol. The average molecular weight is 461 g/mol. The fraction of sp³-hybridized carbons (Fsp3) is 0.550. The van der Waals surface area contributed by atoms with E-state index in [0.29, 0.717) is 25.8 Å². The number of carboxylic acid groups (broad SMARTS) is 3. The largest absolute Gasteiger partial charge is 0.480 e. The van der Waals surface area contributed by atoms with Crippen LogP contribution in [0.15, 0.2) is 30.3 Å². The molecular weight excluding hydrogens is 424 g/mol. The second-order valence-electron chi connectivity index (χ2n) is 6.59. The van der Waals surface area contributed by atoms with Crippen molar-refractivity contribution in [1.29, 1.82) is 0 Å². The number of aliphatic carboxylic acids is 3. The number of nitrogens with two attached hydrogens (primary N) is 4. The maximum Gasteiger partial charge on any atom is 0.320 e. The summed E-state index contributed by atoms with van der Waals surface area (Å²) in [5.74, 6) is -1.99. The van der Waals surface area contributed by atoms with Crippen LogP contribution in [0.4, 0.5) is 0 Å². The molecule has 3 atom stereocenters. The summed E-state index contributed by atoms with van der Waals surface area (Å²) < 4.78 is 0. The summed E-state index contributed by atoms with van der Waals surface area (Å²) in [6.07, 6.45) is 5.03. The molecular formula is C20H36N4O6S. The number of carboxylic acids is 3. The van der Waals surface area contributed by atoms with Crippen LogP contribution in [0.5, 0.6) is 0 Å². The molecule has 1 aromatic rings. The lowest BCUT2D eigenvalue weighted by molar-refractivity contribution is -0.139. The van der Waals surface area contributed by atoms with Crippen molar-refractivity contribution in [3.05, 3.63) is 35.9 Å². The predicted octanol–water partition coefficient (Wildman–Crippen LogP) is 0.320. The van der Waals surface area contributed by atoms with Gasteiger partial charge in [0.15, 0.2) is 0 Å². The number of hydrogen-bond acceptors (Lipinski definition) is 8. The summed E-state index contributed by atoms with van der Waals surface area (Å²) in [6, 6.07) is 7.14. The third-order valence-electron chi connectivity index (χ3n) is 3.85. The first kappa shape index (κ1) is 31.0. The number of rotatable bonds is 12. The van der Waals surface area contributed by atoms with Gasteiger partial charge < -0.3 is 38.3 Å². The Hall–Kier alpha value is -2.18. The highest BCUT2D eigenvalue weighted by atomic mass is 32.2. The van der Waals surface area contributed by atoms with Crippen LogP contribution in [0.2, 0.25) is 0 Å². The van der Waals surface area contributed by atoms with Gasteiger partial charge >= 0.3 is 17.9 Å². The molecule has 10 nitrogen and oxygen atoms in total. The molecule has 0 aliphatic heterocycles. The van der Waals surface area contributed by atoms with E-state index in [9.17, 15) is 14.4 Å². The van der Waals surface area contributed by atoms with Crippen molar-refractivity contribution in [1.82, 2.24) is 0 Å². The van der Waals surface area contributed by atoms with Crippen LogP contribution < -0.4 is 22.9 Å². The molecule has 1 aromatic carbocycles. The molecule has 0 spiro atoms. The van der Waals surface area contributed by atoms with Crippen molar-refractivity contribution in [3.8, 4) is 0 Å². The van der Waals surface area contributed by atoms with Gasteiger partial charge in [-0.1, -0.05) is 36.8 Å². The van der Waals surface area contributed by atoms with E-state index in [0.717, 1.165) is 24.2 Å². The van der Waals surface area contributed by atoms with E-state index in [1.807, 2.05) is 36.6 Å². The average Bonchev–Trinajstić information content (AvgIpc) is 2.73. The van der Waals surface area contributed by atoms with Gasteiger partial charge in [0.05, 0.1) is 0 Å². The molecule has 0 radical (unpaired) electrons. The van der Waals surface area contributed by atoms with E-state index in [2.05, 4.69) is 0 Å². The summed E-state index contributed by atoms with van der Waals surface area (Å²) in [4.78, 5) is 30.6.